The normalized spacial score (nSPS) is 13.4. The highest BCUT2D eigenvalue weighted by Crippen LogP contribution is 2.35. The topological polar surface area (TPSA) is 18.5 Å². The summed E-state index contributed by atoms with van der Waals surface area (Å²) >= 11 is 0. The van der Waals surface area contributed by atoms with Crippen molar-refractivity contribution in [3.8, 4) is 23.0 Å². The summed E-state index contributed by atoms with van der Waals surface area (Å²) in [5.41, 5.74) is 3.56. The van der Waals surface area contributed by atoms with Crippen LogP contribution in [0.4, 0.5) is 0 Å². The number of hydrogen-bond acceptors (Lipinski definition) is 2. The molecule has 4 aromatic rings. The van der Waals surface area contributed by atoms with Gasteiger partial charge in [0.05, 0.1) is 0 Å². The van der Waals surface area contributed by atoms with Crippen LogP contribution in [0.2, 0.25) is 0 Å². The van der Waals surface area contributed by atoms with Crippen molar-refractivity contribution in [3.63, 3.8) is 0 Å². The number of ether oxygens (including phenoxy) is 2. The fourth-order valence-corrected chi connectivity index (χ4v) is 4.15. The molecule has 0 aromatic heterocycles. The zero-order valence-electron chi connectivity index (χ0n) is 13.4. The number of hydrogen-bond donors (Lipinski definition) is 0. The summed E-state index contributed by atoms with van der Waals surface area (Å²) in [7, 11) is 0. The van der Waals surface area contributed by atoms with E-state index in [0.29, 0.717) is 0 Å². The SMILES string of the molecule is c1ccc2c(c1)Oc1cccc3c1B2c1c(ccc2ccccc12)O3. The van der Waals surface area contributed by atoms with Crippen LogP contribution in [0.15, 0.2) is 78.9 Å². The van der Waals surface area contributed by atoms with Crippen molar-refractivity contribution in [3.05, 3.63) is 78.9 Å². The molecule has 0 unspecified atom stereocenters. The van der Waals surface area contributed by atoms with E-state index >= 15 is 0 Å². The van der Waals surface area contributed by atoms with Crippen molar-refractivity contribution in [2.24, 2.45) is 0 Å². The summed E-state index contributed by atoms with van der Waals surface area (Å²) in [6.07, 6.45) is 0. The summed E-state index contributed by atoms with van der Waals surface area (Å²) in [5.74, 6) is 3.64. The van der Waals surface area contributed by atoms with Crippen LogP contribution >= 0.6 is 0 Å². The Morgan fingerprint density at radius 2 is 1.20 bits per heavy atom. The van der Waals surface area contributed by atoms with E-state index in [0.717, 1.165) is 28.5 Å². The van der Waals surface area contributed by atoms with E-state index in [4.69, 9.17) is 9.47 Å². The third kappa shape index (κ3) is 1.70. The van der Waals surface area contributed by atoms with E-state index in [1.54, 1.807) is 0 Å². The van der Waals surface area contributed by atoms with Crippen LogP contribution in [0.5, 0.6) is 23.0 Å². The minimum Gasteiger partial charge on any atom is -0.458 e. The minimum atomic E-state index is 0.131. The van der Waals surface area contributed by atoms with Gasteiger partial charge in [-0.15, -0.1) is 0 Å². The Bertz CT molecular complexity index is 1150. The van der Waals surface area contributed by atoms with Crippen molar-refractivity contribution in [2.45, 2.75) is 0 Å². The summed E-state index contributed by atoms with van der Waals surface area (Å²) in [4.78, 5) is 0. The van der Waals surface area contributed by atoms with Gasteiger partial charge in [-0.25, -0.2) is 0 Å². The van der Waals surface area contributed by atoms with Crippen LogP contribution in [0.3, 0.4) is 0 Å². The molecule has 0 bridgehead atoms. The van der Waals surface area contributed by atoms with Gasteiger partial charge in [0.25, 0.3) is 6.71 Å². The fourth-order valence-electron chi connectivity index (χ4n) is 4.15. The zero-order chi connectivity index (χ0) is 16.4. The molecule has 0 aliphatic carbocycles. The second-order valence-corrected chi connectivity index (χ2v) is 6.54. The van der Waals surface area contributed by atoms with Gasteiger partial charge in [0.1, 0.15) is 23.0 Å². The highest BCUT2D eigenvalue weighted by Gasteiger charge is 2.40. The first-order valence-corrected chi connectivity index (χ1v) is 8.49. The van der Waals surface area contributed by atoms with Gasteiger partial charge in [-0.2, -0.15) is 0 Å². The minimum absolute atomic E-state index is 0.131. The maximum absolute atomic E-state index is 6.27. The van der Waals surface area contributed by atoms with Crippen molar-refractivity contribution in [2.75, 3.05) is 0 Å². The van der Waals surface area contributed by atoms with Gasteiger partial charge in [-0.05, 0) is 46.0 Å². The lowest BCUT2D eigenvalue weighted by Crippen LogP contribution is -2.57. The summed E-state index contributed by atoms with van der Waals surface area (Å²) in [6, 6.07) is 27.1. The van der Waals surface area contributed by atoms with Crippen LogP contribution in [0.1, 0.15) is 0 Å². The summed E-state index contributed by atoms with van der Waals surface area (Å²) in [5, 5.41) is 2.47. The van der Waals surface area contributed by atoms with Gasteiger partial charge in [0.2, 0.25) is 0 Å². The molecule has 6 rings (SSSR count). The lowest BCUT2D eigenvalue weighted by molar-refractivity contribution is 0.465. The Morgan fingerprint density at radius 3 is 2.12 bits per heavy atom. The second kappa shape index (κ2) is 4.67. The average Bonchev–Trinajstić information content (AvgIpc) is 2.67. The highest BCUT2D eigenvalue weighted by atomic mass is 16.5. The van der Waals surface area contributed by atoms with E-state index in [2.05, 4.69) is 48.5 Å². The molecule has 4 aromatic carbocycles. The third-order valence-corrected chi connectivity index (χ3v) is 5.20. The molecule has 0 N–H and O–H groups in total. The average molecular weight is 320 g/mol. The van der Waals surface area contributed by atoms with Gasteiger partial charge in [-0.1, -0.05) is 54.6 Å². The van der Waals surface area contributed by atoms with Crippen molar-refractivity contribution in [1.82, 2.24) is 0 Å². The van der Waals surface area contributed by atoms with Crippen LogP contribution in [0, 0.1) is 0 Å². The summed E-state index contributed by atoms with van der Waals surface area (Å²) < 4.78 is 12.4. The van der Waals surface area contributed by atoms with Crippen LogP contribution < -0.4 is 25.9 Å². The molecular weight excluding hydrogens is 307 g/mol. The number of benzene rings is 4. The molecule has 0 amide bonds. The number of para-hydroxylation sites is 1. The first kappa shape index (κ1) is 13.1. The molecule has 0 fully saturated rings. The van der Waals surface area contributed by atoms with E-state index in [1.807, 2.05) is 30.3 Å². The Labute approximate surface area is 145 Å². The van der Waals surface area contributed by atoms with Crippen LogP contribution in [-0.4, -0.2) is 6.71 Å². The van der Waals surface area contributed by atoms with Gasteiger partial charge in [-0.3, -0.25) is 0 Å². The molecule has 0 saturated carbocycles. The van der Waals surface area contributed by atoms with Crippen LogP contribution in [-0.2, 0) is 0 Å². The van der Waals surface area contributed by atoms with E-state index in [1.165, 1.54) is 21.7 Å². The molecule has 2 aliphatic rings. The number of fused-ring (bicyclic) bond motifs is 6. The molecule has 25 heavy (non-hydrogen) atoms. The Morgan fingerprint density at radius 1 is 0.520 bits per heavy atom. The molecule has 2 nitrogen and oxygen atoms in total. The van der Waals surface area contributed by atoms with E-state index < -0.39 is 0 Å². The largest absolute Gasteiger partial charge is 0.458 e. The lowest BCUT2D eigenvalue weighted by atomic mass is 9.34. The molecule has 2 heterocycles. The Balaban J connectivity index is 1.77. The predicted octanol–water partition coefficient (Wildman–Crippen LogP) is 3.57. The standard InChI is InChI=1S/C22H13BO2/c1-2-7-15-14(6-1)12-13-20-21(15)23-16-8-3-4-9-17(16)24-18-10-5-11-19(25-20)22(18)23/h1-13H. The molecule has 116 valence electrons. The quantitative estimate of drug-likeness (QED) is 0.398. The van der Waals surface area contributed by atoms with Gasteiger partial charge < -0.3 is 9.47 Å². The zero-order valence-corrected chi connectivity index (χ0v) is 13.4. The van der Waals surface area contributed by atoms with E-state index in [-0.39, 0.29) is 6.71 Å². The molecule has 0 saturated heterocycles. The highest BCUT2D eigenvalue weighted by molar-refractivity contribution is 6.99. The Hall–Kier alpha value is -3.20. The molecule has 0 spiro atoms. The first-order chi connectivity index (χ1) is 12.4. The third-order valence-electron chi connectivity index (χ3n) is 5.20. The lowest BCUT2D eigenvalue weighted by Gasteiger charge is -2.33. The van der Waals surface area contributed by atoms with Crippen molar-refractivity contribution >= 4 is 33.9 Å². The smallest absolute Gasteiger partial charge is 0.261 e. The molecule has 0 radical (unpaired) electrons. The molecular formula is C22H13BO2. The monoisotopic (exact) mass is 320 g/mol. The maximum Gasteiger partial charge on any atom is 0.261 e. The Kier molecular flexibility index (Phi) is 2.45. The second-order valence-electron chi connectivity index (χ2n) is 6.54. The predicted molar refractivity (Wildman–Crippen MR) is 102 cm³/mol. The van der Waals surface area contributed by atoms with Crippen molar-refractivity contribution < 1.29 is 9.47 Å². The molecule has 2 aliphatic heterocycles. The van der Waals surface area contributed by atoms with E-state index in [9.17, 15) is 0 Å². The first-order valence-electron chi connectivity index (χ1n) is 8.49. The van der Waals surface area contributed by atoms with Gasteiger partial charge >= 0.3 is 0 Å². The van der Waals surface area contributed by atoms with Crippen molar-refractivity contribution in [1.29, 1.82) is 0 Å². The summed E-state index contributed by atoms with van der Waals surface area (Å²) in [6.45, 7) is 0.131. The molecule has 0 atom stereocenters. The fraction of sp³-hybridized carbons (Fsp3) is 0. The van der Waals surface area contributed by atoms with Gasteiger partial charge in [0.15, 0.2) is 0 Å². The number of rotatable bonds is 0. The van der Waals surface area contributed by atoms with Gasteiger partial charge in [0, 0.05) is 5.46 Å². The van der Waals surface area contributed by atoms with Crippen LogP contribution in [0.25, 0.3) is 10.8 Å². The molecule has 3 heteroatoms. The maximum atomic E-state index is 6.27.